The van der Waals surface area contributed by atoms with Crippen LogP contribution in [0.1, 0.15) is 42.2 Å². The highest BCUT2D eigenvalue weighted by Gasteiger charge is 2.35. The van der Waals surface area contributed by atoms with E-state index in [1.165, 1.54) is 0 Å². The number of β-amino-alcohol motifs (C(OH)–C–C–N with tert-alkyl or cyclic N) is 1. The van der Waals surface area contributed by atoms with Gasteiger partial charge in [0.25, 0.3) is 5.91 Å². The van der Waals surface area contributed by atoms with Crippen LogP contribution in [0, 0.1) is 5.92 Å². The molecule has 0 spiro atoms. The van der Waals surface area contributed by atoms with Gasteiger partial charge in [0.1, 0.15) is 5.69 Å². The molecule has 0 saturated carbocycles. The number of nitrogens with one attached hydrogen (secondary N) is 2. The molecule has 2 aromatic heterocycles. The van der Waals surface area contributed by atoms with Gasteiger partial charge in [-0.25, -0.2) is 0 Å². The number of aromatic nitrogens is 2. The summed E-state index contributed by atoms with van der Waals surface area (Å²) < 4.78 is 0. The molecule has 0 radical (unpaired) electrons. The predicted octanol–water partition coefficient (Wildman–Crippen LogP) is 1.26. The van der Waals surface area contributed by atoms with Gasteiger partial charge in [0.15, 0.2) is 0 Å². The van der Waals surface area contributed by atoms with Gasteiger partial charge in [0.05, 0.1) is 17.1 Å². The van der Waals surface area contributed by atoms with E-state index in [2.05, 4.69) is 29.1 Å². The van der Waals surface area contributed by atoms with Crippen LogP contribution in [-0.2, 0) is 4.79 Å². The van der Waals surface area contributed by atoms with E-state index < -0.39 is 6.10 Å². The first-order valence-electron chi connectivity index (χ1n) is 8.55. The van der Waals surface area contributed by atoms with Gasteiger partial charge in [-0.05, 0) is 23.6 Å². The fraction of sp³-hybridized carbons (Fsp3) is 0.500. The summed E-state index contributed by atoms with van der Waals surface area (Å²) in [6.45, 7) is 4.79. The van der Waals surface area contributed by atoms with Crippen molar-refractivity contribution in [2.75, 3.05) is 20.1 Å². The molecule has 0 bridgehead atoms. The van der Waals surface area contributed by atoms with Crippen molar-refractivity contribution in [3.8, 4) is 0 Å². The zero-order chi connectivity index (χ0) is 18.1. The SMILES string of the molecule is CNC(=O)C[C@@H]1CN(C(=O)c2cc3ncc(C(C)C)cc3[nH]2)C[C@H]1O. The van der Waals surface area contributed by atoms with Crippen LogP contribution in [-0.4, -0.2) is 58.0 Å². The molecule has 1 fully saturated rings. The molecule has 0 unspecified atom stereocenters. The topological polar surface area (TPSA) is 98.3 Å². The summed E-state index contributed by atoms with van der Waals surface area (Å²) in [5, 5.41) is 12.7. The molecule has 134 valence electrons. The summed E-state index contributed by atoms with van der Waals surface area (Å²) in [6.07, 6.45) is 1.36. The Bertz CT molecular complexity index is 799. The minimum atomic E-state index is -0.684. The first-order chi connectivity index (χ1) is 11.9. The number of fused-ring (bicyclic) bond motifs is 1. The van der Waals surface area contributed by atoms with E-state index in [1.54, 1.807) is 18.0 Å². The van der Waals surface area contributed by atoms with E-state index in [0.29, 0.717) is 18.2 Å². The summed E-state index contributed by atoms with van der Waals surface area (Å²) in [5.41, 5.74) is 3.14. The molecule has 7 nitrogen and oxygen atoms in total. The number of aliphatic hydroxyl groups excluding tert-OH is 1. The highest BCUT2D eigenvalue weighted by atomic mass is 16.3. The minimum absolute atomic E-state index is 0.130. The maximum atomic E-state index is 12.7. The molecule has 1 aliphatic rings. The van der Waals surface area contributed by atoms with Crippen LogP contribution < -0.4 is 5.32 Å². The van der Waals surface area contributed by atoms with Gasteiger partial charge >= 0.3 is 0 Å². The van der Waals surface area contributed by atoms with Gasteiger partial charge in [0, 0.05) is 38.7 Å². The lowest BCUT2D eigenvalue weighted by Crippen LogP contribution is -2.30. The lowest BCUT2D eigenvalue weighted by molar-refractivity contribution is -0.122. The van der Waals surface area contributed by atoms with Crippen molar-refractivity contribution in [1.29, 1.82) is 0 Å². The van der Waals surface area contributed by atoms with Gasteiger partial charge in [-0.3, -0.25) is 14.6 Å². The molecule has 3 heterocycles. The predicted molar refractivity (Wildman–Crippen MR) is 94.3 cm³/mol. The fourth-order valence-electron chi connectivity index (χ4n) is 3.19. The lowest BCUT2D eigenvalue weighted by atomic mass is 10.0. The third-order valence-corrected chi connectivity index (χ3v) is 4.81. The zero-order valence-corrected chi connectivity index (χ0v) is 14.7. The van der Waals surface area contributed by atoms with Crippen LogP contribution in [0.3, 0.4) is 0 Å². The van der Waals surface area contributed by atoms with Crippen LogP contribution in [0.25, 0.3) is 11.0 Å². The first kappa shape index (κ1) is 17.4. The van der Waals surface area contributed by atoms with E-state index in [-0.39, 0.29) is 30.7 Å². The monoisotopic (exact) mass is 344 g/mol. The number of H-pyrrole nitrogens is 1. The average Bonchev–Trinajstić information content (AvgIpc) is 3.17. The first-order valence-corrected chi connectivity index (χ1v) is 8.55. The standard InChI is InChI=1S/C18H24N4O3/c1-10(2)11-4-14-13(20-7-11)6-15(21-14)18(25)22-8-12(16(23)9-22)5-17(24)19-3/h4,6-7,10,12,16,21,23H,5,8-9H2,1-3H3,(H,19,24)/t12-,16-/m1/s1. The molecule has 3 rings (SSSR count). The minimum Gasteiger partial charge on any atom is -0.391 e. The number of aromatic amines is 1. The third-order valence-electron chi connectivity index (χ3n) is 4.81. The van der Waals surface area contributed by atoms with E-state index in [9.17, 15) is 14.7 Å². The normalized spacial score (nSPS) is 20.4. The van der Waals surface area contributed by atoms with Gasteiger partial charge in [-0.2, -0.15) is 0 Å². The Morgan fingerprint density at radius 2 is 2.16 bits per heavy atom. The maximum Gasteiger partial charge on any atom is 0.270 e. The number of hydrogen-bond acceptors (Lipinski definition) is 4. The van der Waals surface area contributed by atoms with E-state index in [4.69, 9.17) is 0 Å². The molecule has 1 aliphatic heterocycles. The van der Waals surface area contributed by atoms with Crippen molar-refractivity contribution in [3.63, 3.8) is 0 Å². The molecule has 25 heavy (non-hydrogen) atoms. The zero-order valence-electron chi connectivity index (χ0n) is 14.7. The fourth-order valence-corrected chi connectivity index (χ4v) is 3.19. The third kappa shape index (κ3) is 3.51. The smallest absolute Gasteiger partial charge is 0.270 e. The number of carbonyl (C=O) groups excluding carboxylic acids is 2. The quantitative estimate of drug-likeness (QED) is 0.777. The molecule has 1 saturated heterocycles. The summed E-state index contributed by atoms with van der Waals surface area (Å²) in [7, 11) is 1.56. The van der Waals surface area contributed by atoms with E-state index >= 15 is 0 Å². The van der Waals surface area contributed by atoms with Crippen molar-refractivity contribution in [3.05, 3.63) is 29.6 Å². The number of aliphatic hydroxyl groups is 1. The highest BCUT2D eigenvalue weighted by Crippen LogP contribution is 2.24. The molecule has 0 aliphatic carbocycles. The number of carbonyl (C=O) groups is 2. The number of rotatable bonds is 4. The Hall–Kier alpha value is -2.41. The molecular formula is C18H24N4O3. The van der Waals surface area contributed by atoms with Crippen LogP contribution >= 0.6 is 0 Å². The molecule has 3 N–H and O–H groups in total. The second-order valence-corrected chi connectivity index (χ2v) is 6.95. The van der Waals surface area contributed by atoms with Crippen molar-refractivity contribution in [2.45, 2.75) is 32.3 Å². The molecule has 0 aromatic carbocycles. The Labute approximate surface area is 146 Å². The Morgan fingerprint density at radius 3 is 2.84 bits per heavy atom. The number of likely N-dealkylation sites (tertiary alicyclic amines) is 1. The number of pyridine rings is 1. The molecule has 7 heteroatoms. The van der Waals surface area contributed by atoms with Gasteiger partial charge in [-0.15, -0.1) is 0 Å². The summed E-state index contributed by atoms with van der Waals surface area (Å²) in [6, 6.07) is 3.75. The second-order valence-electron chi connectivity index (χ2n) is 6.95. The number of nitrogens with zero attached hydrogens (tertiary/aromatic N) is 2. The Kier molecular flexibility index (Phi) is 4.76. The summed E-state index contributed by atoms with van der Waals surface area (Å²) in [5.74, 6) is -0.186. The van der Waals surface area contributed by atoms with Crippen LogP contribution in [0.15, 0.2) is 18.3 Å². The van der Waals surface area contributed by atoms with Crippen molar-refractivity contribution < 1.29 is 14.7 Å². The highest BCUT2D eigenvalue weighted by molar-refractivity contribution is 5.97. The molecule has 2 amide bonds. The Morgan fingerprint density at radius 1 is 1.40 bits per heavy atom. The van der Waals surface area contributed by atoms with E-state index in [0.717, 1.165) is 16.6 Å². The van der Waals surface area contributed by atoms with E-state index in [1.807, 2.05) is 12.3 Å². The van der Waals surface area contributed by atoms with Crippen molar-refractivity contribution >= 4 is 22.8 Å². The largest absolute Gasteiger partial charge is 0.391 e. The number of hydrogen-bond donors (Lipinski definition) is 3. The molecule has 2 aromatic rings. The summed E-state index contributed by atoms with van der Waals surface area (Å²) >= 11 is 0. The van der Waals surface area contributed by atoms with Gasteiger partial charge < -0.3 is 20.3 Å². The molecular weight excluding hydrogens is 320 g/mol. The van der Waals surface area contributed by atoms with Crippen LogP contribution in [0.5, 0.6) is 0 Å². The average molecular weight is 344 g/mol. The van der Waals surface area contributed by atoms with Gasteiger partial charge in [0.2, 0.25) is 5.91 Å². The summed E-state index contributed by atoms with van der Waals surface area (Å²) in [4.78, 5) is 33.4. The number of amides is 2. The van der Waals surface area contributed by atoms with Gasteiger partial charge in [-0.1, -0.05) is 13.8 Å². The van der Waals surface area contributed by atoms with Crippen molar-refractivity contribution in [1.82, 2.24) is 20.2 Å². The van der Waals surface area contributed by atoms with Crippen molar-refractivity contribution in [2.24, 2.45) is 5.92 Å². The van der Waals surface area contributed by atoms with Crippen LogP contribution in [0.4, 0.5) is 0 Å². The Balaban J connectivity index is 1.77. The lowest BCUT2D eigenvalue weighted by Gasteiger charge is -2.14. The maximum absolute atomic E-state index is 12.7. The molecule has 2 atom stereocenters. The second kappa shape index (κ2) is 6.84. The van der Waals surface area contributed by atoms with Crippen LogP contribution in [0.2, 0.25) is 0 Å².